The Kier molecular flexibility index (Phi) is 5.41. The largest absolute Gasteiger partial charge is 0.481 e. The van der Waals surface area contributed by atoms with E-state index in [0.29, 0.717) is 25.4 Å². The first-order valence-electron chi connectivity index (χ1n) is 6.23. The Morgan fingerprint density at radius 2 is 2.12 bits per heavy atom. The molecule has 3 N–H and O–H groups in total. The molecule has 0 spiro atoms. The average Bonchev–Trinajstić information content (AvgIpc) is 2.75. The fourth-order valence-corrected chi connectivity index (χ4v) is 2.50. The van der Waals surface area contributed by atoms with E-state index in [2.05, 4.69) is 0 Å². The van der Waals surface area contributed by atoms with Crippen LogP contribution in [0.2, 0.25) is 0 Å². The fourth-order valence-electron chi connectivity index (χ4n) is 2.50. The molecule has 0 bridgehead atoms. The molecule has 0 aromatic carbocycles. The van der Waals surface area contributed by atoms with Gasteiger partial charge in [-0.25, -0.2) is 0 Å². The van der Waals surface area contributed by atoms with E-state index < -0.39 is 5.97 Å². The molecular weight excluding hydrogens is 220 g/mol. The molecule has 0 aromatic heterocycles. The predicted octanol–water partition coefficient (Wildman–Crippen LogP) is 0.685. The highest BCUT2D eigenvalue weighted by atomic mass is 16.4. The smallest absolute Gasteiger partial charge is 0.303 e. The van der Waals surface area contributed by atoms with E-state index >= 15 is 0 Å². The highest BCUT2D eigenvalue weighted by Gasteiger charge is 2.33. The number of carbonyl (C=O) groups excluding carboxylic acids is 1. The molecule has 5 heteroatoms. The Balaban J connectivity index is 2.37. The Morgan fingerprint density at radius 3 is 2.71 bits per heavy atom. The van der Waals surface area contributed by atoms with E-state index in [1.54, 1.807) is 11.9 Å². The average molecular weight is 242 g/mol. The van der Waals surface area contributed by atoms with Crippen LogP contribution in [0.5, 0.6) is 0 Å². The molecule has 1 saturated carbocycles. The molecule has 5 nitrogen and oxygen atoms in total. The minimum absolute atomic E-state index is 0.0508. The molecule has 0 aliphatic heterocycles. The second-order valence-corrected chi connectivity index (χ2v) is 4.79. The lowest BCUT2D eigenvalue weighted by molar-refractivity contribution is -0.139. The summed E-state index contributed by atoms with van der Waals surface area (Å²) in [5.41, 5.74) is 5.65. The zero-order valence-electron chi connectivity index (χ0n) is 10.4. The third-order valence-electron chi connectivity index (χ3n) is 3.54. The summed E-state index contributed by atoms with van der Waals surface area (Å²) in [4.78, 5) is 24.2. The van der Waals surface area contributed by atoms with Gasteiger partial charge < -0.3 is 15.7 Å². The number of carboxylic acids is 1. The lowest BCUT2D eigenvalue weighted by atomic mass is 9.95. The van der Waals surface area contributed by atoms with Crippen molar-refractivity contribution in [3.63, 3.8) is 0 Å². The molecule has 1 aliphatic rings. The minimum atomic E-state index is -0.813. The standard InChI is InChI=1S/C12H22N2O3/c1-14(7-3-6-11(15)16)12(17)10-5-2-4-9(10)8-13/h9-10H,2-8,13H2,1H3,(H,15,16). The van der Waals surface area contributed by atoms with Gasteiger partial charge >= 0.3 is 5.97 Å². The number of rotatable bonds is 6. The molecule has 0 radical (unpaired) electrons. The summed E-state index contributed by atoms with van der Waals surface area (Å²) in [6, 6.07) is 0. The fraction of sp³-hybridized carbons (Fsp3) is 0.833. The highest BCUT2D eigenvalue weighted by molar-refractivity contribution is 5.79. The predicted molar refractivity (Wildman–Crippen MR) is 64.4 cm³/mol. The van der Waals surface area contributed by atoms with Gasteiger partial charge in [0.1, 0.15) is 0 Å². The maximum absolute atomic E-state index is 12.1. The van der Waals surface area contributed by atoms with Crippen molar-refractivity contribution in [2.24, 2.45) is 17.6 Å². The van der Waals surface area contributed by atoms with E-state index in [1.165, 1.54) is 0 Å². The molecule has 2 atom stereocenters. The van der Waals surface area contributed by atoms with Crippen molar-refractivity contribution >= 4 is 11.9 Å². The van der Waals surface area contributed by atoms with Crippen LogP contribution in [0.4, 0.5) is 0 Å². The van der Waals surface area contributed by atoms with Crippen LogP contribution in [0.25, 0.3) is 0 Å². The summed E-state index contributed by atoms with van der Waals surface area (Å²) >= 11 is 0. The first-order valence-corrected chi connectivity index (χ1v) is 6.23. The van der Waals surface area contributed by atoms with Crippen molar-refractivity contribution in [3.05, 3.63) is 0 Å². The maximum Gasteiger partial charge on any atom is 0.303 e. The minimum Gasteiger partial charge on any atom is -0.481 e. The van der Waals surface area contributed by atoms with Crippen LogP contribution in [0.3, 0.4) is 0 Å². The molecule has 0 aromatic rings. The van der Waals surface area contributed by atoms with Crippen molar-refractivity contribution in [1.29, 1.82) is 0 Å². The van der Waals surface area contributed by atoms with Crippen LogP contribution < -0.4 is 5.73 Å². The number of nitrogens with two attached hydrogens (primary N) is 1. The Morgan fingerprint density at radius 1 is 1.41 bits per heavy atom. The van der Waals surface area contributed by atoms with Crippen molar-refractivity contribution < 1.29 is 14.7 Å². The van der Waals surface area contributed by atoms with Crippen molar-refractivity contribution in [2.45, 2.75) is 32.1 Å². The molecule has 1 aliphatic carbocycles. The second kappa shape index (κ2) is 6.59. The molecule has 1 rings (SSSR count). The van der Waals surface area contributed by atoms with E-state index in [-0.39, 0.29) is 18.2 Å². The number of hydrogen-bond donors (Lipinski definition) is 2. The molecule has 2 unspecified atom stereocenters. The van der Waals surface area contributed by atoms with Crippen LogP contribution in [0.15, 0.2) is 0 Å². The maximum atomic E-state index is 12.1. The van der Waals surface area contributed by atoms with Gasteiger partial charge in [0.15, 0.2) is 0 Å². The van der Waals surface area contributed by atoms with Crippen LogP contribution in [-0.4, -0.2) is 42.0 Å². The Hall–Kier alpha value is -1.10. The van der Waals surface area contributed by atoms with E-state index in [4.69, 9.17) is 10.8 Å². The number of nitrogens with zero attached hydrogens (tertiary/aromatic N) is 1. The molecule has 98 valence electrons. The summed E-state index contributed by atoms with van der Waals surface area (Å²) < 4.78 is 0. The van der Waals surface area contributed by atoms with Gasteiger partial charge in [-0.15, -0.1) is 0 Å². The van der Waals surface area contributed by atoms with Gasteiger partial charge in [0.2, 0.25) is 5.91 Å². The van der Waals surface area contributed by atoms with E-state index in [9.17, 15) is 9.59 Å². The normalized spacial score (nSPS) is 23.6. The zero-order valence-corrected chi connectivity index (χ0v) is 10.4. The number of aliphatic carboxylic acids is 1. The molecule has 0 heterocycles. The monoisotopic (exact) mass is 242 g/mol. The van der Waals surface area contributed by atoms with E-state index in [1.807, 2.05) is 0 Å². The van der Waals surface area contributed by atoms with E-state index in [0.717, 1.165) is 19.3 Å². The topological polar surface area (TPSA) is 83.6 Å². The number of carbonyl (C=O) groups is 2. The Labute approximate surface area is 102 Å². The highest BCUT2D eigenvalue weighted by Crippen LogP contribution is 2.32. The number of carboxylic acid groups (broad SMARTS) is 1. The van der Waals surface area contributed by atoms with Gasteiger partial charge in [-0.3, -0.25) is 9.59 Å². The SMILES string of the molecule is CN(CCCC(=O)O)C(=O)C1CCCC1CN. The Bertz CT molecular complexity index is 281. The summed E-state index contributed by atoms with van der Waals surface area (Å²) in [6.45, 7) is 1.08. The van der Waals surface area contributed by atoms with Gasteiger partial charge in [-0.2, -0.15) is 0 Å². The third-order valence-corrected chi connectivity index (χ3v) is 3.54. The van der Waals surface area contributed by atoms with Gasteiger partial charge in [0.25, 0.3) is 0 Å². The van der Waals surface area contributed by atoms with Crippen molar-refractivity contribution in [2.75, 3.05) is 20.1 Å². The van der Waals surface area contributed by atoms with Crippen LogP contribution in [-0.2, 0) is 9.59 Å². The first-order chi connectivity index (χ1) is 8.06. The third kappa shape index (κ3) is 4.00. The molecular formula is C12H22N2O3. The molecule has 1 amide bonds. The van der Waals surface area contributed by atoms with Crippen LogP contribution in [0.1, 0.15) is 32.1 Å². The molecule has 17 heavy (non-hydrogen) atoms. The lowest BCUT2D eigenvalue weighted by Gasteiger charge is -2.24. The number of amides is 1. The summed E-state index contributed by atoms with van der Waals surface area (Å²) in [5.74, 6) is -0.325. The first kappa shape index (κ1) is 14.0. The van der Waals surface area contributed by atoms with Crippen LogP contribution in [0, 0.1) is 11.8 Å². The van der Waals surface area contributed by atoms with Gasteiger partial charge in [0, 0.05) is 25.9 Å². The van der Waals surface area contributed by atoms with Crippen molar-refractivity contribution in [3.8, 4) is 0 Å². The summed E-state index contributed by atoms with van der Waals surface area (Å²) in [6.07, 6.45) is 3.65. The molecule has 0 saturated heterocycles. The van der Waals surface area contributed by atoms with Gasteiger partial charge in [-0.1, -0.05) is 6.42 Å². The summed E-state index contributed by atoms with van der Waals surface area (Å²) in [5, 5.41) is 8.54. The summed E-state index contributed by atoms with van der Waals surface area (Å²) in [7, 11) is 1.75. The zero-order chi connectivity index (χ0) is 12.8. The van der Waals surface area contributed by atoms with Crippen molar-refractivity contribution in [1.82, 2.24) is 4.90 Å². The molecule has 1 fully saturated rings. The van der Waals surface area contributed by atoms with Gasteiger partial charge in [0.05, 0.1) is 0 Å². The number of hydrogen-bond acceptors (Lipinski definition) is 3. The second-order valence-electron chi connectivity index (χ2n) is 4.79. The quantitative estimate of drug-likeness (QED) is 0.717. The van der Waals surface area contributed by atoms with Crippen LogP contribution >= 0.6 is 0 Å². The lowest BCUT2D eigenvalue weighted by Crippen LogP contribution is -2.37. The van der Waals surface area contributed by atoms with Gasteiger partial charge in [-0.05, 0) is 31.7 Å².